The molecule has 128 valence electrons. The number of fused-ring (bicyclic) bond motifs is 2. The molecule has 3 saturated heterocycles. The molecule has 4 fully saturated rings. The Balaban J connectivity index is 1.36. The summed E-state index contributed by atoms with van der Waals surface area (Å²) in [6.07, 6.45) is 6.98. The highest BCUT2D eigenvalue weighted by atomic mass is 16.8. The monoisotopic (exact) mass is 324 g/mol. The lowest BCUT2D eigenvalue weighted by atomic mass is 9.92. The molecule has 3 heterocycles. The fourth-order valence-corrected chi connectivity index (χ4v) is 4.34. The van der Waals surface area contributed by atoms with Crippen LogP contribution in [0.25, 0.3) is 0 Å². The topological polar surface area (TPSA) is 71.1 Å². The summed E-state index contributed by atoms with van der Waals surface area (Å²) in [5.74, 6) is 0.125. The van der Waals surface area contributed by atoms with Crippen LogP contribution >= 0.6 is 0 Å². The number of carbonyl (C=O) groups excluding carboxylic acids is 2. The van der Waals surface area contributed by atoms with Gasteiger partial charge >= 0.3 is 11.9 Å². The van der Waals surface area contributed by atoms with E-state index in [0.29, 0.717) is 6.42 Å². The molecule has 2 bridgehead atoms. The summed E-state index contributed by atoms with van der Waals surface area (Å²) >= 11 is 0. The Morgan fingerprint density at radius 2 is 1.70 bits per heavy atom. The number of ether oxygens (including phenoxy) is 4. The molecule has 0 spiro atoms. The normalized spacial score (nSPS) is 43.8. The number of hydrogen-bond donors (Lipinski definition) is 0. The molecule has 4 rings (SSSR count). The van der Waals surface area contributed by atoms with Crippen molar-refractivity contribution in [2.75, 3.05) is 0 Å². The first-order valence-electron chi connectivity index (χ1n) is 8.90. The van der Waals surface area contributed by atoms with Gasteiger partial charge in [0.2, 0.25) is 6.29 Å². The molecule has 6 heteroatoms. The molecule has 0 aromatic rings. The van der Waals surface area contributed by atoms with Gasteiger partial charge in [-0.05, 0) is 38.5 Å². The van der Waals surface area contributed by atoms with Crippen LogP contribution in [0.2, 0.25) is 0 Å². The van der Waals surface area contributed by atoms with Crippen molar-refractivity contribution < 1.29 is 28.5 Å². The highest BCUT2D eigenvalue weighted by Crippen LogP contribution is 2.45. The molecule has 1 saturated carbocycles. The third-order valence-electron chi connectivity index (χ3n) is 5.52. The molecule has 6 unspecified atom stereocenters. The Labute approximate surface area is 135 Å². The van der Waals surface area contributed by atoms with Crippen LogP contribution in [-0.4, -0.2) is 36.7 Å². The van der Waals surface area contributed by atoms with Crippen LogP contribution in [-0.2, 0) is 28.5 Å². The van der Waals surface area contributed by atoms with Gasteiger partial charge in [0.1, 0.15) is 6.10 Å². The Morgan fingerprint density at radius 3 is 2.43 bits per heavy atom. The quantitative estimate of drug-likeness (QED) is 0.742. The lowest BCUT2D eigenvalue weighted by molar-refractivity contribution is -0.265. The molecule has 23 heavy (non-hydrogen) atoms. The molecule has 4 aliphatic rings. The van der Waals surface area contributed by atoms with E-state index in [1.54, 1.807) is 0 Å². The Morgan fingerprint density at radius 1 is 0.870 bits per heavy atom. The standard InChI is InChI=1S/C17H24O6/c18-14-5-3-7-16(22-14)23-15-6-2-1-4-12(20-15)11-8-10-9-13(11)21-17(10)19/h10-13,15-16H,1-9H2. The van der Waals surface area contributed by atoms with E-state index in [0.717, 1.165) is 51.4 Å². The van der Waals surface area contributed by atoms with Gasteiger partial charge in [0.05, 0.1) is 12.0 Å². The first kappa shape index (κ1) is 15.4. The molecule has 0 radical (unpaired) electrons. The van der Waals surface area contributed by atoms with Crippen molar-refractivity contribution >= 4 is 11.9 Å². The lowest BCUT2D eigenvalue weighted by Crippen LogP contribution is -2.38. The second-order valence-corrected chi connectivity index (χ2v) is 7.14. The molecular formula is C17H24O6. The smallest absolute Gasteiger partial charge is 0.309 e. The highest BCUT2D eigenvalue weighted by Gasteiger charge is 2.51. The van der Waals surface area contributed by atoms with Gasteiger partial charge in [0.15, 0.2) is 6.29 Å². The third kappa shape index (κ3) is 3.24. The van der Waals surface area contributed by atoms with Crippen molar-refractivity contribution in [1.29, 1.82) is 0 Å². The molecule has 0 amide bonds. The van der Waals surface area contributed by atoms with Crippen LogP contribution in [0.3, 0.4) is 0 Å². The SMILES string of the molecule is O=C1CCCC(OC2CCCCC(C3CC4CC3OC4=O)O2)O1. The van der Waals surface area contributed by atoms with Crippen LogP contribution in [0.15, 0.2) is 0 Å². The third-order valence-corrected chi connectivity index (χ3v) is 5.52. The summed E-state index contributed by atoms with van der Waals surface area (Å²) < 4.78 is 22.8. The zero-order valence-electron chi connectivity index (χ0n) is 13.3. The maximum absolute atomic E-state index is 11.6. The maximum Gasteiger partial charge on any atom is 0.309 e. The summed E-state index contributed by atoms with van der Waals surface area (Å²) in [5, 5.41) is 0. The van der Waals surface area contributed by atoms with Crippen molar-refractivity contribution in [2.24, 2.45) is 11.8 Å². The van der Waals surface area contributed by atoms with Gasteiger partial charge in [-0.2, -0.15) is 0 Å². The van der Waals surface area contributed by atoms with Crippen molar-refractivity contribution in [1.82, 2.24) is 0 Å². The average molecular weight is 324 g/mol. The van der Waals surface area contributed by atoms with Crippen LogP contribution in [0.4, 0.5) is 0 Å². The van der Waals surface area contributed by atoms with Gasteiger partial charge in [0.25, 0.3) is 0 Å². The van der Waals surface area contributed by atoms with Gasteiger partial charge in [-0.3, -0.25) is 9.59 Å². The fraction of sp³-hybridized carbons (Fsp3) is 0.882. The summed E-state index contributed by atoms with van der Waals surface area (Å²) in [4.78, 5) is 22.9. The van der Waals surface area contributed by atoms with E-state index in [1.807, 2.05) is 0 Å². The lowest BCUT2D eigenvalue weighted by Gasteiger charge is -2.33. The predicted molar refractivity (Wildman–Crippen MR) is 78.0 cm³/mol. The fourth-order valence-electron chi connectivity index (χ4n) is 4.34. The molecule has 0 aromatic carbocycles. The minimum absolute atomic E-state index is 0.0174. The minimum Gasteiger partial charge on any atom is -0.462 e. The van der Waals surface area contributed by atoms with Gasteiger partial charge in [-0.1, -0.05) is 6.42 Å². The molecule has 1 aliphatic carbocycles. The van der Waals surface area contributed by atoms with E-state index in [4.69, 9.17) is 18.9 Å². The van der Waals surface area contributed by atoms with Crippen LogP contribution in [0.1, 0.15) is 57.8 Å². The Hall–Kier alpha value is -1.14. The second-order valence-electron chi connectivity index (χ2n) is 7.14. The second kappa shape index (κ2) is 6.40. The van der Waals surface area contributed by atoms with Crippen molar-refractivity contribution in [3.05, 3.63) is 0 Å². The highest BCUT2D eigenvalue weighted by molar-refractivity contribution is 5.75. The van der Waals surface area contributed by atoms with Crippen LogP contribution < -0.4 is 0 Å². The van der Waals surface area contributed by atoms with Gasteiger partial charge in [-0.15, -0.1) is 0 Å². The zero-order chi connectivity index (χ0) is 15.8. The van der Waals surface area contributed by atoms with Crippen LogP contribution in [0, 0.1) is 11.8 Å². The average Bonchev–Trinajstić information content (AvgIpc) is 3.00. The van der Waals surface area contributed by atoms with Crippen LogP contribution in [0.5, 0.6) is 0 Å². The number of cyclic esters (lactones) is 1. The predicted octanol–water partition coefficient (Wildman–Crippen LogP) is 2.29. The number of esters is 2. The Bertz CT molecular complexity index is 478. The Kier molecular flexibility index (Phi) is 4.28. The molecule has 0 N–H and O–H groups in total. The molecule has 0 aromatic heterocycles. The van der Waals surface area contributed by atoms with E-state index in [-0.39, 0.29) is 42.3 Å². The van der Waals surface area contributed by atoms with E-state index < -0.39 is 6.29 Å². The van der Waals surface area contributed by atoms with Gasteiger partial charge in [0, 0.05) is 18.8 Å². The molecule has 6 nitrogen and oxygen atoms in total. The molecule has 6 atom stereocenters. The zero-order valence-corrected chi connectivity index (χ0v) is 13.3. The van der Waals surface area contributed by atoms with Crippen molar-refractivity contribution in [3.8, 4) is 0 Å². The van der Waals surface area contributed by atoms with Crippen molar-refractivity contribution in [3.63, 3.8) is 0 Å². The first-order valence-corrected chi connectivity index (χ1v) is 8.90. The number of rotatable bonds is 3. The minimum atomic E-state index is -0.474. The van der Waals surface area contributed by atoms with E-state index in [1.165, 1.54) is 0 Å². The summed E-state index contributed by atoms with van der Waals surface area (Å²) in [6.45, 7) is 0. The molecule has 3 aliphatic heterocycles. The van der Waals surface area contributed by atoms with Gasteiger partial charge < -0.3 is 18.9 Å². The van der Waals surface area contributed by atoms with E-state index in [9.17, 15) is 9.59 Å². The molecular weight excluding hydrogens is 300 g/mol. The first-order chi connectivity index (χ1) is 11.2. The largest absolute Gasteiger partial charge is 0.462 e. The summed E-state index contributed by atoms with van der Waals surface area (Å²) in [5.41, 5.74) is 0. The van der Waals surface area contributed by atoms with Gasteiger partial charge in [-0.25, -0.2) is 0 Å². The summed E-state index contributed by atoms with van der Waals surface area (Å²) in [7, 11) is 0. The van der Waals surface area contributed by atoms with E-state index in [2.05, 4.69) is 0 Å². The maximum atomic E-state index is 11.6. The number of carbonyl (C=O) groups is 2. The van der Waals surface area contributed by atoms with E-state index >= 15 is 0 Å². The number of hydrogen-bond acceptors (Lipinski definition) is 6. The summed E-state index contributed by atoms with van der Waals surface area (Å²) in [6, 6.07) is 0. The van der Waals surface area contributed by atoms with Crippen molar-refractivity contribution in [2.45, 2.75) is 82.6 Å².